The first-order valence-corrected chi connectivity index (χ1v) is 10.7. The number of amides is 3. The normalized spacial score (nSPS) is 12.9. The molecule has 0 atom stereocenters. The van der Waals surface area contributed by atoms with E-state index in [1.807, 2.05) is 48.5 Å². The highest BCUT2D eigenvalue weighted by Gasteiger charge is 2.23. The van der Waals surface area contributed by atoms with Crippen molar-refractivity contribution in [3.63, 3.8) is 0 Å². The molecule has 154 valence electrons. The summed E-state index contributed by atoms with van der Waals surface area (Å²) in [5.41, 5.74) is 2.40. The number of anilines is 2. The third-order valence-electron chi connectivity index (χ3n) is 4.68. The van der Waals surface area contributed by atoms with Gasteiger partial charge in [0.15, 0.2) is 0 Å². The molecule has 30 heavy (non-hydrogen) atoms. The Hall–Kier alpha value is -3.26. The number of pyridine rings is 1. The quantitative estimate of drug-likeness (QED) is 0.632. The molecule has 8 heteroatoms. The molecule has 4 rings (SSSR count). The largest absolute Gasteiger partial charge is 0.469 e. The van der Waals surface area contributed by atoms with Crippen molar-refractivity contribution in [2.75, 3.05) is 29.1 Å². The Morgan fingerprint density at radius 3 is 2.80 bits per heavy atom. The lowest BCUT2D eigenvalue weighted by Gasteiger charge is -2.28. The van der Waals surface area contributed by atoms with E-state index in [1.165, 1.54) is 0 Å². The van der Waals surface area contributed by atoms with Crippen LogP contribution in [0.25, 0.3) is 0 Å². The van der Waals surface area contributed by atoms with Crippen molar-refractivity contribution in [2.24, 2.45) is 0 Å². The number of nitrogens with one attached hydrogen (secondary N) is 2. The van der Waals surface area contributed by atoms with Gasteiger partial charge in [0.2, 0.25) is 5.91 Å². The SMILES string of the molecule is O=C(Cc1ccc(NC(=O)N2CCSc3ncccc32)cc1)NCCc1ccco1. The lowest BCUT2D eigenvalue weighted by atomic mass is 10.1. The van der Waals surface area contributed by atoms with Gasteiger partial charge in [-0.25, -0.2) is 9.78 Å². The van der Waals surface area contributed by atoms with Crippen LogP contribution in [0.5, 0.6) is 0 Å². The van der Waals surface area contributed by atoms with Crippen molar-refractivity contribution in [3.8, 4) is 0 Å². The van der Waals surface area contributed by atoms with Crippen LogP contribution in [-0.2, 0) is 17.6 Å². The third kappa shape index (κ3) is 5.01. The van der Waals surface area contributed by atoms with E-state index in [-0.39, 0.29) is 18.4 Å². The fraction of sp³-hybridized carbons (Fsp3) is 0.227. The second-order valence-electron chi connectivity index (χ2n) is 6.81. The third-order valence-corrected chi connectivity index (χ3v) is 5.66. The molecule has 2 N–H and O–H groups in total. The number of thioether (sulfide) groups is 1. The lowest BCUT2D eigenvalue weighted by molar-refractivity contribution is -0.120. The fourth-order valence-corrected chi connectivity index (χ4v) is 4.12. The van der Waals surface area contributed by atoms with Gasteiger partial charge in [0.05, 0.1) is 18.4 Å². The number of furan rings is 1. The van der Waals surface area contributed by atoms with Crippen LogP contribution in [0.4, 0.5) is 16.2 Å². The van der Waals surface area contributed by atoms with E-state index in [0.717, 1.165) is 27.8 Å². The molecule has 7 nitrogen and oxygen atoms in total. The maximum Gasteiger partial charge on any atom is 0.326 e. The molecule has 0 radical (unpaired) electrons. The summed E-state index contributed by atoms with van der Waals surface area (Å²) in [4.78, 5) is 30.9. The lowest BCUT2D eigenvalue weighted by Crippen LogP contribution is -2.38. The van der Waals surface area contributed by atoms with Gasteiger partial charge in [0, 0.05) is 37.1 Å². The minimum Gasteiger partial charge on any atom is -0.469 e. The zero-order valence-corrected chi connectivity index (χ0v) is 17.2. The summed E-state index contributed by atoms with van der Waals surface area (Å²) in [6, 6.07) is 14.6. The number of nitrogens with zero attached hydrogens (tertiary/aromatic N) is 2. The maximum atomic E-state index is 12.7. The molecular weight excluding hydrogens is 400 g/mol. The second kappa shape index (κ2) is 9.49. The van der Waals surface area contributed by atoms with Crippen LogP contribution < -0.4 is 15.5 Å². The maximum absolute atomic E-state index is 12.7. The van der Waals surface area contributed by atoms with Crippen LogP contribution in [0.15, 0.2) is 70.4 Å². The summed E-state index contributed by atoms with van der Waals surface area (Å²) in [6.07, 6.45) is 4.31. The van der Waals surface area contributed by atoms with Gasteiger partial charge in [-0.2, -0.15) is 0 Å². The average Bonchev–Trinajstić information content (AvgIpc) is 3.28. The number of rotatable bonds is 6. The predicted octanol–water partition coefficient (Wildman–Crippen LogP) is 3.72. The molecule has 1 aliphatic rings. The summed E-state index contributed by atoms with van der Waals surface area (Å²) in [5.74, 6) is 1.61. The van der Waals surface area contributed by atoms with Crippen molar-refractivity contribution >= 4 is 35.1 Å². The zero-order valence-electron chi connectivity index (χ0n) is 16.3. The molecular formula is C22H22N4O3S. The summed E-state index contributed by atoms with van der Waals surface area (Å²) in [5, 5.41) is 6.68. The highest BCUT2D eigenvalue weighted by molar-refractivity contribution is 7.99. The van der Waals surface area contributed by atoms with Crippen molar-refractivity contribution in [2.45, 2.75) is 17.9 Å². The molecule has 3 aromatic rings. The summed E-state index contributed by atoms with van der Waals surface area (Å²) in [6.45, 7) is 1.16. The van der Waals surface area contributed by atoms with Crippen molar-refractivity contribution in [3.05, 3.63) is 72.3 Å². The molecule has 0 aliphatic carbocycles. The molecule has 0 saturated heterocycles. The summed E-state index contributed by atoms with van der Waals surface area (Å²) < 4.78 is 5.25. The fourth-order valence-electron chi connectivity index (χ4n) is 3.19. The molecule has 0 spiro atoms. The molecule has 0 unspecified atom stereocenters. The van der Waals surface area contributed by atoms with E-state index in [0.29, 0.717) is 25.2 Å². The minimum atomic E-state index is -0.187. The average molecular weight is 423 g/mol. The molecule has 0 bridgehead atoms. The van der Waals surface area contributed by atoms with Crippen LogP contribution in [-0.4, -0.2) is 35.8 Å². The van der Waals surface area contributed by atoms with Crippen LogP contribution in [0, 0.1) is 0 Å². The summed E-state index contributed by atoms with van der Waals surface area (Å²) >= 11 is 1.65. The Balaban J connectivity index is 1.28. The number of fused-ring (bicyclic) bond motifs is 1. The molecule has 2 aromatic heterocycles. The number of urea groups is 1. The number of hydrogen-bond acceptors (Lipinski definition) is 5. The Kier molecular flexibility index (Phi) is 6.34. The summed E-state index contributed by atoms with van der Waals surface area (Å²) in [7, 11) is 0. The number of carbonyl (C=O) groups excluding carboxylic acids is 2. The van der Waals surface area contributed by atoms with Gasteiger partial charge in [0.25, 0.3) is 0 Å². The van der Waals surface area contributed by atoms with Gasteiger partial charge in [0.1, 0.15) is 10.8 Å². The van der Waals surface area contributed by atoms with Gasteiger partial charge < -0.3 is 15.1 Å². The number of hydrogen-bond donors (Lipinski definition) is 2. The van der Waals surface area contributed by atoms with Crippen LogP contribution in [0.3, 0.4) is 0 Å². The molecule has 0 saturated carbocycles. The molecule has 0 fully saturated rings. The minimum absolute atomic E-state index is 0.0479. The van der Waals surface area contributed by atoms with E-state index in [4.69, 9.17) is 4.42 Å². The second-order valence-corrected chi connectivity index (χ2v) is 7.89. The van der Waals surface area contributed by atoms with E-state index < -0.39 is 0 Å². The van der Waals surface area contributed by atoms with Crippen molar-refractivity contribution < 1.29 is 14.0 Å². The Bertz CT molecular complexity index is 1010. The Morgan fingerprint density at radius 2 is 2.00 bits per heavy atom. The molecule has 3 heterocycles. The number of benzene rings is 1. The monoisotopic (exact) mass is 422 g/mol. The van der Waals surface area contributed by atoms with E-state index in [2.05, 4.69) is 15.6 Å². The van der Waals surface area contributed by atoms with Crippen LogP contribution in [0.1, 0.15) is 11.3 Å². The Labute approximate surface area is 178 Å². The topological polar surface area (TPSA) is 87.5 Å². The first-order valence-electron chi connectivity index (χ1n) is 9.73. The first-order chi connectivity index (χ1) is 14.7. The van der Waals surface area contributed by atoms with Crippen LogP contribution >= 0.6 is 11.8 Å². The van der Waals surface area contributed by atoms with Crippen LogP contribution in [0.2, 0.25) is 0 Å². The number of carbonyl (C=O) groups is 2. The van der Waals surface area contributed by atoms with Gasteiger partial charge in [-0.3, -0.25) is 9.69 Å². The Morgan fingerprint density at radius 1 is 1.13 bits per heavy atom. The van der Waals surface area contributed by atoms with E-state index in [1.54, 1.807) is 29.1 Å². The first kappa shape index (κ1) is 20.0. The van der Waals surface area contributed by atoms with Gasteiger partial charge in [-0.05, 0) is 42.0 Å². The van der Waals surface area contributed by atoms with Crippen molar-refractivity contribution in [1.82, 2.24) is 10.3 Å². The standard InChI is InChI=1S/C22H22N4O3S/c27-20(23-11-9-18-3-2-13-29-18)15-16-5-7-17(8-6-16)25-22(28)26-12-14-30-21-19(26)4-1-10-24-21/h1-8,10,13H,9,11-12,14-15H2,(H,23,27)(H,25,28). The van der Waals surface area contributed by atoms with Gasteiger partial charge in [-0.1, -0.05) is 12.1 Å². The van der Waals surface area contributed by atoms with E-state index >= 15 is 0 Å². The molecule has 3 amide bonds. The molecule has 1 aliphatic heterocycles. The highest BCUT2D eigenvalue weighted by Crippen LogP contribution is 2.32. The number of aromatic nitrogens is 1. The van der Waals surface area contributed by atoms with Gasteiger partial charge >= 0.3 is 6.03 Å². The zero-order chi connectivity index (χ0) is 20.8. The highest BCUT2D eigenvalue weighted by atomic mass is 32.2. The van der Waals surface area contributed by atoms with Crippen molar-refractivity contribution in [1.29, 1.82) is 0 Å². The predicted molar refractivity (Wildman–Crippen MR) is 117 cm³/mol. The molecule has 1 aromatic carbocycles. The van der Waals surface area contributed by atoms with Gasteiger partial charge in [-0.15, -0.1) is 11.8 Å². The smallest absolute Gasteiger partial charge is 0.326 e. The van der Waals surface area contributed by atoms with E-state index in [9.17, 15) is 9.59 Å².